The highest BCUT2D eigenvalue weighted by molar-refractivity contribution is 6.31. The summed E-state index contributed by atoms with van der Waals surface area (Å²) in [7, 11) is 0. The molecule has 1 aromatic carbocycles. The zero-order chi connectivity index (χ0) is 11.5. The second-order valence-electron chi connectivity index (χ2n) is 4.39. The van der Waals surface area contributed by atoms with Gasteiger partial charge >= 0.3 is 0 Å². The number of hydrogen-bond donors (Lipinski definition) is 0. The molecule has 0 spiro atoms. The maximum atomic E-state index is 11.0. The summed E-state index contributed by atoms with van der Waals surface area (Å²) in [6.45, 7) is 6.01. The van der Waals surface area contributed by atoms with E-state index in [0.717, 1.165) is 29.7 Å². The van der Waals surface area contributed by atoms with E-state index in [1.54, 1.807) is 0 Å². The normalized spacial score (nSPS) is 14.7. The lowest BCUT2D eigenvalue weighted by Gasteiger charge is -2.21. The molecule has 1 unspecified atom stereocenters. The Balaban J connectivity index is 2.89. The minimum Gasteiger partial charge on any atom is -0.303 e. The highest BCUT2D eigenvalue weighted by atomic mass is 35.5. The van der Waals surface area contributed by atoms with Crippen molar-refractivity contribution in [1.29, 1.82) is 0 Å². The van der Waals surface area contributed by atoms with Crippen LogP contribution in [0.1, 0.15) is 31.4 Å². The molecular formula is C13H17ClO. The van der Waals surface area contributed by atoms with Crippen LogP contribution in [0, 0.1) is 12.3 Å². The number of halogens is 1. The molecule has 1 atom stereocenters. The first-order valence-electron chi connectivity index (χ1n) is 5.22. The third-order valence-electron chi connectivity index (χ3n) is 2.92. The molecule has 0 amide bonds. The quantitative estimate of drug-likeness (QED) is 0.711. The lowest BCUT2D eigenvalue weighted by atomic mass is 9.82. The van der Waals surface area contributed by atoms with Crippen LogP contribution in [0.5, 0.6) is 0 Å². The Kier molecular flexibility index (Phi) is 3.92. The number of aryl methyl sites for hydroxylation is 1. The van der Waals surface area contributed by atoms with Gasteiger partial charge in [-0.25, -0.2) is 0 Å². The molecule has 0 saturated carbocycles. The fourth-order valence-corrected chi connectivity index (χ4v) is 1.65. The summed E-state index contributed by atoms with van der Waals surface area (Å²) in [6.07, 6.45) is 2.69. The van der Waals surface area contributed by atoms with Gasteiger partial charge in [0.25, 0.3) is 0 Å². The SMILES string of the molecule is CCC(C)(C=O)Cc1ccc(Cl)c(C)c1. The maximum Gasteiger partial charge on any atom is 0.126 e. The van der Waals surface area contributed by atoms with E-state index in [-0.39, 0.29) is 5.41 Å². The number of rotatable bonds is 4. The molecule has 1 nitrogen and oxygen atoms in total. The van der Waals surface area contributed by atoms with E-state index in [1.165, 1.54) is 5.56 Å². The Morgan fingerprint density at radius 2 is 2.13 bits per heavy atom. The van der Waals surface area contributed by atoms with Gasteiger partial charge in [-0.05, 0) is 37.0 Å². The zero-order valence-electron chi connectivity index (χ0n) is 9.51. The predicted octanol–water partition coefficient (Wildman–Crippen LogP) is 3.81. The van der Waals surface area contributed by atoms with Gasteiger partial charge in [-0.3, -0.25) is 0 Å². The highest BCUT2D eigenvalue weighted by Gasteiger charge is 2.21. The van der Waals surface area contributed by atoms with Gasteiger partial charge in [0, 0.05) is 10.4 Å². The van der Waals surface area contributed by atoms with E-state index < -0.39 is 0 Å². The number of benzene rings is 1. The van der Waals surface area contributed by atoms with Crippen LogP contribution in [0.4, 0.5) is 0 Å². The van der Waals surface area contributed by atoms with Gasteiger partial charge in [0.15, 0.2) is 0 Å². The number of carbonyl (C=O) groups excluding carboxylic acids is 1. The number of carbonyl (C=O) groups is 1. The number of aldehydes is 1. The monoisotopic (exact) mass is 224 g/mol. The van der Waals surface area contributed by atoms with Crippen LogP contribution in [-0.4, -0.2) is 6.29 Å². The molecule has 0 N–H and O–H groups in total. The largest absolute Gasteiger partial charge is 0.303 e. The van der Waals surface area contributed by atoms with Crippen molar-refractivity contribution < 1.29 is 4.79 Å². The van der Waals surface area contributed by atoms with Gasteiger partial charge in [-0.2, -0.15) is 0 Å². The molecule has 0 aromatic heterocycles. The molecule has 15 heavy (non-hydrogen) atoms. The summed E-state index contributed by atoms with van der Waals surface area (Å²) in [5, 5.41) is 0.781. The van der Waals surface area contributed by atoms with Gasteiger partial charge in [0.05, 0.1) is 0 Å². The van der Waals surface area contributed by atoms with Crippen molar-refractivity contribution in [3.05, 3.63) is 34.3 Å². The van der Waals surface area contributed by atoms with E-state index in [1.807, 2.05) is 32.9 Å². The zero-order valence-corrected chi connectivity index (χ0v) is 10.3. The Morgan fingerprint density at radius 1 is 1.47 bits per heavy atom. The minimum absolute atomic E-state index is 0.250. The van der Waals surface area contributed by atoms with E-state index in [0.29, 0.717) is 0 Å². The average molecular weight is 225 g/mol. The smallest absolute Gasteiger partial charge is 0.126 e. The molecule has 82 valence electrons. The molecule has 0 saturated heterocycles. The molecule has 0 aliphatic heterocycles. The second kappa shape index (κ2) is 4.80. The maximum absolute atomic E-state index is 11.0. The summed E-state index contributed by atoms with van der Waals surface area (Å²) in [5.74, 6) is 0. The second-order valence-corrected chi connectivity index (χ2v) is 4.79. The molecule has 1 aromatic rings. The lowest BCUT2D eigenvalue weighted by molar-refractivity contribution is -0.115. The van der Waals surface area contributed by atoms with E-state index in [2.05, 4.69) is 6.07 Å². The van der Waals surface area contributed by atoms with Gasteiger partial charge < -0.3 is 4.79 Å². The fraction of sp³-hybridized carbons (Fsp3) is 0.462. The average Bonchev–Trinajstić information content (AvgIpc) is 2.23. The summed E-state index contributed by atoms with van der Waals surface area (Å²) >= 11 is 5.95. The molecule has 0 radical (unpaired) electrons. The van der Waals surface area contributed by atoms with E-state index in [9.17, 15) is 4.79 Å². The Morgan fingerprint density at radius 3 is 2.60 bits per heavy atom. The van der Waals surface area contributed by atoms with Crippen molar-refractivity contribution in [2.24, 2.45) is 5.41 Å². The van der Waals surface area contributed by atoms with Crippen molar-refractivity contribution in [3.8, 4) is 0 Å². The highest BCUT2D eigenvalue weighted by Crippen LogP contribution is 2.26. The van der Waals surface area contributed by atoms with Gasteiger partial charge in [0.2, 0.25) is 0 Å². The van der Waals surface area contributed by atoms with Crippen molar-refractivity contribution in [2.45, 2.75) is 33.6 Å². The van der Waals surface area contributed by atoms with Crippen molar-refractivity contribution in [1.82, 2.24) is 0 Å². The van der Waals surface area contributed by atoms with Crippen LogP contribution < -0.4 is 0 Å². The first-order valence-corrected chi connectivity index (χ1v) is 5.60. The van der Waals surface area contributed by atoms with Crippen molar-refractivity contribution in [3.63, 3.8) is 0 Å². The van der Waals surface area contributed by atoms with Crippen LogP contribution in [0.25, 0.3) is 0 Å². The lowest BCUT2D eigenvalue weighted by Crippen LogP contribution is -2.20. The third kappa shape index (κ3) is 3.07. The Bertz CT molecular complexity index is 360. The van der Waals surface area contributed by atoms with Crippen LogP contribution in [0.15, 0.2) is 18.2 Å². The van der Waals surface area contributed by atoms with Gasteiger partial charge in [0.1, 0.15) is 6.29 Å². The van der Waals surface area contributed by atoms with E-state index >= 15 is 0 Å². The summed E-state index contributed by atoms with van der Waals surface area (Å²) < 4.78 is 0. The molecule has 2 heteroatoms. The van der Waals surface area contributed by atoms with Crippen LogP contribution in [0.2, 0.25) is 5.02 Å². The molecule has 1 rings (SSSR count). The van der Waals surface area contributed by atoms with Crippen LogP contribution >= 0.6 is 11.6 Å². The molecule has 0 heterocycles. The third-order valence-corrected chi connectivity index (χ3v) is 3.35. The molecular weight excluding hydrogens is 208 g/mol. The first-order chi connectivity index (χ1) is 7.00. The van der Waals surface area contributed by atoms with Crippen molar-refractivity contribution >= 4 is 17.9 Å². The minimum atomic E-state index is -0.250. The van der Waals surface area contributed by atoms with E-state index in [4.69, 9.17) is 11.6 Å². The van der Waals surface area contributed by atoms with Gasteiger partial charge in [-0.15, -0.1) is 0 Å². The number of hydrogen-bond acceptors (Lipinski definition) is 1. The van der Waals surface area contributed by atoms with Crippen molar-refractivity contribution in [2.75, 3.05) is 0 Å². The molecule has 0 fully saturated rings. The topological polar surface area (TPSA) is 17.1 Å². The standard InChI is InChI=1S/C13H17ClO/c1-4-13(3,9-15)8-11-5-6-12(14)10(2)7-11/h5-7,9H,4,8H2,1-3H3. The Hall–Kier alpha value is -0.820. The first kappa shape index (κ1) is 12.3. The molecule has 0 aliphatic rings. The predicted molar refractivity (Wildman–Crippen MR) is 64.4 cm³/mol. The molecule has 0 aliphatic carbocycles. The molecule has 0 bridgehead atoms. The Labute approximate surface area is 96.5 Å². The summed E-state index contributed by atoms with van der Waals surface area (Å²) in [5.41, 5.74) is 1.99. The summed E-state index contributed by atoms with van der Waals surface area (Å²) in [4.78, 5) is 11.0. The van der Waals surface area contributed by atoms with Crippen LogP contribution in [0.3, 0.4) is 0 Å². The fourth-order valence-electron chi connectivity index (χ4n) is 1.53. The summed E-state index contributed by atoms with van der Waals surface area (Å²) in [6, 6.07) is 5.94. The van der Waals surface area contributed by atoms with Gasteiger partial charge in [-0.1, -0.05) is 37.6 Å². The van der Waals surface area contributed by atoms with Crippen LogP contribution in [-0.2, 0) is 11.2 Å².